The van der Waals surface area contributed by atoms with E-state index in [1.54, 1.807) is 0 Å². The Labute approximate surface area is 191 Å². The molecule has 2 aromatic carbocycles. The molecule has 1 fully saturated rings. The van der Waals surface area contributed by atoms with E-state index in [1.807, 2.05) is 12.1 Å². The number of hydrogen-bond acceptors (Lipinski definition) is 3. The van der Waals surface area contributed by atoms with Crippen molar-refractivity contribution >= 4 is 16.6 Å². The molecular formula is C28H35N3O. The van der Waals surface area contributed by atoms with Gasteiger partial charge in [-0.1, -0.05) is 48.0 Å². The number of fused-ring (bicyclic) bond motifs is 3. The third kappa shape index (κ3) is 4.14. The highest BCUT2D eigenvalue weighted by Crippen LogP contribution is 2.54. The standard InChI is InChI=1S/C28H35N3O/c1-20-22-14-15-23(27(20)21-9-4-3-5-10-21)28(32,19-22)16-18-31(2)17-8-13-26-29-24-11-6-7-12-25(24)30-26/h3-7,9-12,22-23,32H,8,13-19H2,1-2H3,(H,29,30)/t22-,23-,28-/m1/s1. The number of nitrogens with one attached hydrogen (secondary N) is 1. The number of aromatic nitrogens is 2. The van der Waals surface area contributed by atoms with Gasteiger partial charge in [-0.25, -0.2) is 4.98 Å². The molecule has 4 nitrogen and oxygen atoms in total. The fourth-order valence-corrected chi connectivity index (χ4v) is 6.04. The van der Waals surface area contributed by atoms with Crippen LogP contribution >= 0.6 is 0 Å². The Balaban J connectivity index is 1.18. The highest BCUT2D eigenvalue weighted by Gasteiger charge is 2.49. The van der Waals surface area contributed by atoms with Crippen molar-refractivity contribution in [2.24, 2.45) is 11.8 Å². The molecular weight excluding hydrogens is 394 g/mol. The number of allylic oxidation sites excluding steroid dienone is 1. The Kier molecular flexibility index (Phi) is 5.92. The van der Waals surface area contributed by atoms with Crippen LogP contribution in [0.2, 0.25) is 0 Å². The van der Waals surface area contributed by atoms with Gasteiger partial charge in [-0.05, 0) is 81.8 Å². The summed E-state index contributed by atoms with van der Waals surface area (Å²) in [6.45, 7) is 4.24. The van der Waals surface area contributed by atoms with Gasteiger partial charge in [0.15, 0.2) is 0 Å². The lowest BCUT2D eigenvalue weighted by molar-refractivity contribution is -0.0578. The van der Waals surface area contributed by atoms with E-state index in [4.69, 9.17) is 4.98 Å². The second kappa shape index (κ2) is 8.84. The first-order valence-corrected chi connectivity index (χ1v) is 12.1. The molecule has 0 radical (unpaired) electrons. The smallest absolute Gasteiger partial charge is 0.107 e. The van der Waals surface area contributed by atoms with Crippen LogP contribution < -0.4 is 0 Å². The third-order valence-corrected chi connectivity index (χ3v) is 7.84. The predicted molar refractivity (Wildman–Crippen MR) is 131 cm³/mol. The summed E-state index contributed by atoms with van der Waals surface area (Å²) in [5.41, 5.74) is 5.81. The Hall–Kier alpha value is -2.43. The summed E-state index contributed by atoms with van der Waals surface area (Å²) >= 11 is 0. The molecule has 0 amide bonds. The number of benzene rings is 2. The molecule has 1 aromatic heterocycles. The number of para-hydroxylation sites is 2. The molecule has 6 rings (SSSR count). The molecule has 3 aromatic rings. The SMILES string of the molecule is CC1=C(c2ccccc2)[C@H]2CC[C@@H]1C[C@]2(O)CCN(C)CCCc1nc2ccccc2[nH]1. The topological polar surface area (TPSA) is 52.1 Å². The van der Waals surface area contributed by atoms with Gasteiger partial charge in [-0.3, -0.25) is 0 Å². The third-order valence-electron chi connectivity index (χ3n) is 7.84. The number of imidazole rings is 1. The van der Waals surface area contributed by atoms with Crippen LogP contribution in [0.5, 0.6) is 0 Å². The molecule has 1 heterocycles. The van der Waals surface area contributed by atoms with Crippen molar-refractivity contribution in [3.8, 4) is 0 Å². The maximum Gasteiger partial charge on any atom is 0.107 e. The average molecular weight is 430 g/mol. The second-order valence-corrected chi connectivity index (χ2v) is 9.95. The lowest BCUT2D eigenvalue weighted by Gasteiger charge is -2.51. The Morgan fingerprint density at radius 1 is 1.06 bits per heavy atom. The van der Waals surface area contributed by atoms with E-state index in [2.05, 4.69) is 66.3 Å². The molecule has 32 heavy (non-hydrogen) atoms. The van der Waals surface area contributed by atoms with Crippen LogP contribution in [-0.2, 0) is 6.42 Å². The first kappa shape index (κ1) is 21.4. The first-order chi connectivity index (χ1) is 15.5. The zero-order valence-electron chi connectivity index (χ0n) is 19.3. The normalized spacial score (nSPS) is 25.2. The second-order valence-electron chi connectivity index (χ2n) is 9.95. The highest BCUT2D eigenvalue weighted by atomic mass is 16.3. The minimum Gasteiger partial charge on any atom is -0.389 e. The van der Waals surface area contributed by atoms with Gasteiger partial charge in [0.2, 0.25) is 0 Å². The van der Waals surface area contributed by atoms with E-state index in [1.165, 1.54) is 23.1 Å². The summed E-state index contributed by atoms with van der Waals surface area (Å²) < 4.78 is 0. The van der Waals surface area contributed by atoms with Crippen molar-refractivity contribution in [3.05, 3.63) is 71.6 Å². The summed E-state index contributed by atoms with van der Waals surface area (Å²) in [6, 6.07) is 18.9. The summed E-state index contributed by atoms with van der Waals surface area (Å²) in [5.74, 6) is 1.85. The lowest BCUT2D eigenvalue weighted by Crippen LogP contribution is -2.49. The van der Waals surface area contributed by atoms with E-state index in [0.29, 0.717) is 5.92 Å². The minimum atomic E-state index is -0.583. The molecule has 2 N–H and O–H groups in total. The highest BCUT2D eigenvalue weighted by molar-refractivity contribution is 5.75. The zero-order chi connectivity index (χ0) is 22.1. The van der Waals surface area contributed by atoms with Gasteiger partial charge in [0.05, 0.1) is 16.6 Å². The molecule has 0 unspecified atom stereocenters. The molecule has 3 atom stereocenters. The molecule has 0 aliphatic heterocycles. The van der Waals surface area contributed by atoms with E-state index >= 15 is 0 Å². The maximum atomic E-state index is 11.8. The monoisotopic (exact) mass is 429 g/mol. The van der Waals surface area contributed by atoms with Crippen molar-refractivity contribution in [1.82, 2.24) is 14.9 Å². The minimum absolute atomic E-state index is 0.263. The van der Waals surface area contributed by atoms with Gasteiger partial charge >= 0.3 is 0 Å². The number of H-pyrrole nitrogens is 1. The predicted octanol–water partition coefficient (Wildman–Crippen LogP) is 5.45. The van der Waals surface area contributed by atoms with Crippen molar-refractivity contribution in [1.29, 1.82) is 0 Å². The Morgan fingerprint density at radius 3 is 2.66 bits per heavy atom. The Morgan fingerprint density at radius 2 is 1.84 bits per heavy atom. The van der Waals surface area contributed by atoms with Crippen molar-refractivity contribution in [3.63, 3.8) is 0 Å². The van der Waals surface area contributed by atoms with Crippen molar-refractivity contribution in [2.75, 3.05) is 20.1 Å². The van der Waals surface area contributed by atoms with Gasteiger partial charge in [-0.2, -0.15) is 0 Å². The quantitative estimate of drug-likeness (QED) is 0.500. The maximum absolute atomic E-state index is 11.8. The van der Waals surface area contributed by atoms with Gasteiger partial charge in [0.1, 0.15) is 5.82 Å². The van der Waals surface area contributed by atoms with E-state index in [0.717, 1.165) is 62.1 Å². The first-order valence-electron chi connectivity index (χ1n) is 12.1. The molecule has 168 valence electrons. The van der Waals surface area contributed by atoms with Gasteiger partial charge < -0.3 is 15.0 Å². The molecule has 0 saturated heterocycles. The number of hydrogen-bond donors (Lipinski definition) is 2. The number of nitrogens with zero attached hydrogens (tertiary/aromatic N) is 2. The fraction of sp³-hybridized carbons (Fsp3) is 0.464. The average Bonchev–Trinajstić information content (AvgIpc) is 3.22. The van der Waals surface area contributed by atoms with Crippen molar-refractivity contribution < 1.29 is 5.11 Å². The number of aryl methyl sites for hydroxylation is 1. The molecule has 3 aliphatic carbocycles. The molecule has 1 saturated carbocycles. The molecule has 3 aliphatic rings. The summed E-state index contributed by atoms with van der Waals surface area (Å²) in [4.78, 5) is 10.5. The zero-order valence-corrected chi connectivity index (χ0v) is 19.3. The lowest BCUT2D eigenvalue weighted by atomic mass is 9.57. The van der Waals surface area contributed by atoms with E-state index < -0.39 is 5.60 Å². The van der Waals surface area contributed by atoms with Gasteiger partial charge in [0, 0.05) is 18.9 Å². The van der Waals surface area contributed by atoms with Crippen LogP contribution in [-0.4, -0.2) is 45.7 Å². The summed E-state index contributed by atoms with van der Waals surface area (Å²) in [6.07, 6.45) is 6.12. The number of rotatable bonds is 8. The molecule has 0 spiro atoms. The summed E-state index contributed by atoms with van der Waals surface area (Å²) in [5, 5.41) is 11.8. The number of aromatic amines is 1. The van der Waals surface area contributed by atoms with Gasteiger partial charge in [0.25, 0.3) is 0 Å². The van der Waals surface area contributed by atoms with Gasteiger partial charge in [-0.15, -0.1) is 0 Å². The fourth-order valence-electron chi connectivity index (χ4n) is 6.04. The largest absolute Gasteiger partial charge is 0.389 e. The van der Waals surface area contributed by atoms with Crippen LogP contribution in [0.15, 0.2) is 60.2 Å². The van der Waals surface area contributed by atoms with Crippen LogP contribution in [0.25, 0.3) is 16.6 Å². The molecule has 2 bridgehead atoms. The summed E-state index contributed by atoms with van der Waals surface area (Å²) in [7, 11) is 2.18. The van der Waals surface area contributed by atoms with E-state index in [9.17, 15) is 5.11 Å². The molecule has 4 heteroatoms. The number of aliphatic hydroxyl groups is 1. The van der Waals surface area contributed by atoms with Crippen LogP contribution in [0.3, 0.4) is 0 Å². The van der Waals surface area contributed by atoms with Crippen LogP contribution in [0.4, 0.5) is 0 Å². The Bertz CT molecular complexity index is 1070. The van der Waals surface area contributed by atoms with Crippen molar-refractivity contribution in [2.45, 2.75) is 51.0 Å². The van der Waals surface area contributed by atoms with Crippen LogP contribution in [0.1, 0.15) is 50.4 Å². The van der Waals surface area contributed by atoms with Crippen LogP contribution in [0, 0.1) is 11.8 Å². The van der Waals surface area contributed by atoms with E-state index in [-0.39, 0.29) is 5.92 Å².